The summed E-state index contributed by atoms with van der Waals surface area (Å²) in [5.41, 5.74) is 2.42. The summed E-state index contributed by atoms with van der Waals surface area (Å²) in [4.78, 5) is 12.3. The molecule has 0 heterocycles. The van der Waals surface area contributed by atoms with E-state index in [0.29, 0.717) is 17.9 Å². The van der Waals surface area contributed by atoms with E-state index >= 15 is 0 Å². The van der Waals surface area contributed by atoms with E-state index < -0.39 is 0 Å². The molecule has 0 unspecified atom stereocenters. The second-order valence-electron chi connectivity index (χ2n) is 5.22. The van der Waals surface area contributed by atoms with E-state index in [0.717, 1.165) is 22.6 Å². The van der Waals surface area contributed by atoms with Crippen molar-refractivity contribution < 1.29 is 19.0 Å². The molecule has 0 fully saturated rings. The van der Waals surface area contributed by atoms with Gasteiger partial charge in [-0.2, -0.15) is 0 Å². The molecule has 0 bridgehead atoms. The topological polar surface area (TPSA) is 44.8 Å². The number of methoxy groups -OCH3 is 2. The van der Waals surface area contributed by atoms with Crippen LogP contribution in [-0.4, -0.2) is 26.6 Å². The first-order valence-electron chi connectivity index (χ1n) is 7.77. The summed E-state index contributed by atoms with van der Waals surface area (Å²) in [7, 11) is 3.21. The summed E-state index contributed by atoms with van der Waals surface area (Å²) in [5, 5.41) is 0. The van der Waals surface area contributed by atoms with Crippen molar-refractivity contribution in [3.8, 4) is 17.2 Å². The number of carbonyl (C=O) groups excluding carboxylic acids is 1. The molecule has 0 aliphatic carbocycles. The van der Waals surface area contributed by atoms with Crippen molar-refractivity contribution in [1.29, 1.82) is 0 Å². The molecular weight excluding hydrogens is 304 g/mol. The van der Waals surface area contributed by atoms with Crippen LogP contribution < -0.4 is 14.2 Å². The molecule has 0 amide bonds. The van der Waals surface area contributed by atoms with E-state index in [2.05, 4.69) is 0 Å². The number of hydrogen-bond acceptors (Lipinski definition) is 4. The molecule has 0 spiro atoms. The Labute approximate surface area is 142 Å². The van der Waals surface area contributed by atoms with Gasteiger partial charge in [-0.1, -0.05) is 0 Å². The Hall–Kier alpha value is -2.75. The summed E-state index contributed by atoms with van der Waals surface area (Å²) in [5.74, 6) is 2.09. The molecule has 2 aromatic rings. The molecule has 0 radical (unpaired) electrons. The van der Waals surface area contributed by atoms with Gasteiger partial charge in [0.15, 0.2) is 5.78 Å². The lowest BCUT2D eigenvalue weighted by Crippen LogP contribution is -1.96. The number of aryl methyl sites for hydroxylation is 1. The van der Waals surface area contributed by atoms with Gasteiger partial charge in [0.05, 0.1) is 20.8 Å². The average molecular weight is 326 g/mol. The maximum atomic E-state index is 12.3. The van der Waals surface area contributed by atoms with E-state index in [-0.39, 0.29) is 5.78 Å². The summed E-state index contributed by atoms with van der Waals surface area (Å²) in [6.45, 7) is 4.47. The minimum absolute atomic E-state index is 0.0754. The number of ketones is 1. The van der Waals surface area contributed by atoms with Crippen LogP contribution in [0.25, 0.3) is 6.08 Å². The van der Waals surface area contributed by atoms with Gasteiger partial charge in [0.2, 0.25) is 0 Å². The van der Waals surface area contributed by atoms with Crippen LogP contribution in [0.15, 0.2) is 42.5 Å². The third kappa shape index (κ3) is 4.16. The van der Waals surface area contributed by atoms with Crippen LogP contribution in [-0.2, 0) is 0 Å². The smallest absolute Gasteiger partial charge is 0.185 e. The molecule has 0 N–H and O–H groups in total. The highest BCUT2D eigenvalue weighted by Gasteiger charge is 2.08. The average Bonchev–Trinajstić information content (AvgIpc) is 2.60. The fraction of sp³-hybridized carbons (Fsp3) is 0.250. The normalized spacial score (nSPS) is 10.7. The zero-order chi connectivity index (χ0) is 17.5. The van der Waals surface area contributed by atoms with Crippen LogP contribution in [0.4, 0.5) is 0 Å². The number of carbonyl (C=O) groups is 1. The van der Waals surface area contributed by atoms with Crippen molar-refractivity contribution in [1.82, 2.24) is 0 Å². The lowest BCUT2D eigenvalue weighted by Gasteiger charge is -2.10. The molecule has 0 saturated carbocycles. The van der Waals surface area contributed by atoms with Gasteiger partial charge in [-0.25, -0.2) is 0 Å². The molecule has 0 aliphatic rings. The first-order valence-corrected chi connectivity index (χ1v) is 7.77. The van der Waals surface area contributed by atoms with Gasteiger partial charge in [0, 0.05) is 17.2 Å². The molecule has 24 heavy (non-hydrogen) atoms. The Morgan fingerprint density at radius 2 is 1.71 bits per heavy atom. The highest BCUT2D eigenvalue weighted by atomic mass is 16.5. The molecule has 2 aromatic carbocycles. The van der Waals surface area contributed by atoms with Crippen molar-refractivity contribution in [2.75, 3.05) is 20.8 Å². The van der Waals surface area contributed by atoms with Crippen LogP contribution in [0, 0.1) is 6.92 Å². The van der Waals surface area contributed by atoms with Gasteiger partial charge in [-0.05, 0) is 61.9 Å². The SMILES string of the molecule is CCOc1ccc(C(=O)/C=C/c2cc(C)c(OC)cc2OC)cc1. The monoisotopic (exact) mass is 326 g/mol. The standard InChI is InChI=1S/C20H22O4/c1-5-24-17-9-6-15(7-10-17)18(21)11-8-16-12-14(2)19(22-3)13-20(16)23-4/h6-13H,5H2,1-4H3/b11-8+. The van der Waals surface area contributed by atoms with Crippen LogP contribution in [0.5, 0.6) is 17.2 Å². The highest BCUT2D eigenvalue weighted by molar-refractivity contribution is 6.07. The quantitative estimate of drug-likeness (QED) is 0.562. The second kappa shape index (κ2) is 8.20. The molecule has 2 rings (SSSR count). The summed E-state index contributed by atoms with van der Waals surface area (Å²) >= 11 is 0. The van der Waals surface area contributed by atoms with Crippen LogP contribution in [0.3, 0.4) is 0 Å². The Morgan fingerprint density at radius 1 is 1.04 bits per heavy atom. The molecule has 4 nitrogen and oxygen atoms in total. The highest BCUT2D eigenvalue weighted by Crippen LogP contribution is 2.29. The molecule has 126 valence electrons. The zero-order valence-corrected chi connectivity index (χ0v) is 14.5. The van der Waals surface area contributed by atoms with Gasteiger partial charge >= 0.3 is 0 Å². The van der Waals surface area contributed by atoms with Crippen molar-refractivity contribution in [2.45, 2.75) is 13.8 Å². The largest absolute Gasteiger partial charge is 0.496 e. The number of rotatable bonds is 7. The van der Waals surface area contributed by atoms with E-state index in [1.807, 2.05) is 26.0 Å². The van der Waals surface area contributed by atoms with E-state index in [1.54, 1.807) is 50.6 Å². The van der Waals surface area contributed by atoms with Crippen LogP contribution in [0.2, 0.25) is 0 Å². The molecule has 4 heteroatoms. The summed E-state index contributed by atoms with van der Waals surface area (Å²) in [6, 6.07) is 10.9. The number of hydrogen-bond donors (Lipinski definition) is 0. The fourth-order valence-electron chi connectivity index (χ4n) is 2.36. The first-order chi connectivity index (χ1) is 11.6. The third-order valence-corrected chi connectivity index (χ3v) is 3.61. The van der Waals surface area contributed by atoms with Crippen LogP contribution in [0.1, 0.15) is 28.4 Å². The summed E-state index contributed by atoms with van der Waals surface area (Å²) < 4.78 is 16.0. The van der Waals surface area contributed by atoms with Crippen molar-refractivity contribution in [3.63, 3.8) is 0 Å². The Morgan fingerprint density at radius 3 is 2.29 bits per heavy atom. The van der Waals surface area contributed by atoms with Crippen molar-refractivity contribution in [2.24, 2.45) is 0 Å². The van der Waals surface area contributed by atoms with E-state index in [9.17, 15) is 4.79 Å². The van der Waals surface area contributed by atoms with Gasteiger partial charge in [0.25, 0.3) is 0 Å². The lowest BCUT2D eigenvalue weighted by molar-refractivity contribution is 0.104. The van der Waals surface area contributed by atoms with Gasteiger partial charge in [-0.3, -0.25) is 4.79 Å². The molecule has 0 aromatic heterocycles. The zero-order valence-electron chi connectivity index (χ0n) is 14.5. The van der Waals surface area contributed by atoms with Crippen molar-refractivity contribution >= 4 is 11.9 Å². The van der Waals surface area contributed by atoms with E-state index in [1.165, 1.54) is 0 Å². The van der Waals surface area contributed by atoms with Crippen molar-refractivity contribution in [3.05, 3.63) is 59.2 Å². The summed E-state index contributed by atoms with van der Waals surface area (Å²) in [6.07, 6.45) is 3.30. The minimum atomic E-state index is -0.0754. The molecule has 0 atom stereocenters. The number of ether oxygens (including phenoxy) is 3. The Balaban J connectivity index is 2.20. The van der Waals surface area contributed by atoms with Crippen LogP contribution >= 0.6 is 0 Å². The maximum Gasteiger partial charge on any atom is 0.185 e. The Kier molecular flexibility index (Phi) is 6.01. The van der Waals surface area contributed by atoms with E-state index in [4.69, 9.17) is 14.2 Å². The molecule has 0 aliphatic heterocycles. The Bertz CT molecular complexity index is 730. The second-order valence-corrected chi connectivity index (χ2v) is 5.22. The predicted octanol–water partition coefficient (Wildman–Crippen LogP) is 4.31. The minimum Gasteiger partial charge on any atom is -0.496 e. The maximum absolute atomic E-state index is 12.3. The molecular formula is C20H22O4. The number of allylic oxidation sites excluding steroid dienone is 1. The third-order valence-electron chi connectivity index (χ3n) is 3.61. The van der Waals surface area contributed by atoms with Gasteiger partial charge in [0.1, 0.15) is 17.2 Å². The first kappa shape index (κ1) is 17.6. The number of benzene rings is 2. The van der Waals surface area contributed by atoms with Gasteiger partial charge < -0.3 is 14.2 Å². The molecule has 0 saturated heterocycles. The van der Waals surface area contributed by atoms with Gasteiger partial charge in [-0.15, -0.1) is 0 Å². The predicted molar refractivity (Wildman–Crippen MR) is 95.3 cm³/mol. The fourth-order valence-corrected chi connectivity index (χ4v) is 2.36. The lowest BCUT2D eigenvalue weighted by atomic mass is 10.1.